The van der Waals surface area contributed by atoms with Crippen molar-refractivity contribution in [3.63, 3.8) is 0 Å². The van der Waals surface area contributed by atoms with Crippen molar-refractivity contribution in [2.75, 3.05) is 7.11 Å². The number of rotatable bonds is 8. The lowest BCUT2D eigenvalue weighted by Gasteiger charge is -2.17. The van der Waals surface area contributed by atoms with Crippen LogP contribution in [0.3, 0.4) is 0 Å². The molecule has 0 heterocycles. The molecule has 1 atom stereocenters. The first-order valence-electron chi connectivity index (χ1n) is 6.58. The maximum atomic E-state index is 11.3. The Balaban J connectivity index is 2.94. The fourth-order valence-corrected chi connectivity index (χ4v) is 1.76. The third-order valence-corrected chi connectivity index (χ3v) is 2.93. The average Bonchev–Trinajstić information content (AvgIpc) is 2.42. The van der Waals surface area contributed by atoms with E-state index in [4.69, 9.17) is 14.6 Å². The molecule has 0 fully saturated rings. The summed E-state index contributed by atoms with van der Waals surface area (Å²) in [5, 5.41) is 9.15. The van der Waals surface area contributed by atoms with Crippen molar-refractivity contribution < 1.29 is 24.2 Å². The van der Waals surface area contributed by atoms with E-state index in [1.165, 1.54) is 14.0 Å². The number of ketones is 1. The quantitative estimate of drug-likeness (QED) is 0.741. The van der Waals surface area contributed by atoms with Gasteiger partial charge in [0, 0.05) is 5.56 Å². The summed E-state index contributed by atoms with van der Waals surface area (Å²) < 4.78 is 10.7. The van der Waals surface area contributed by atoms with Gasteiger partial charge in [0.05, 0.1) is 7.11 Å². The molecule has 1 aromatic carbocycles. The zero-order valence-electron chi connectivity index (χ0n) is 12.0. The van der Waals surface area contributed by atoms with E-state index in [1.54, 1.807) is 18.2 Å². The normalized spacial score (nSPS) is 11.8. The third-order valence-electron chi connectivity index (χ3n) is 2.93. The summed E-state index contributed by atoms with van der Waals surface area (Å²) >= 11 is 0. The lowest BCUT2D eigenvalue weighted by Crippen LogP contribution is -2.27. The number of methoxy groups -OCH3 is 1. The summed E-state index contributed by atoms with van der Waals surface area (Å²) in [5.74, 6) is -0.395. The maximum Gasteiger partial charge on any atom is 0.344 e. The first-order valence-corrected chi connectivity index (χ1v) is 6.58. The second-order valence-electron chi connectivity index (χ2n) is 4.51. The number of unbranched alkanes of at least 4 members (excludes halogenated alkanes) is 1. The van der Waals surface area contributed by atoms with E-state index >= 15 is 0 Å². The number of hydrogen-bond donors (Lipinski definition) is 1. The number of carboxylic acids is 1. The highest BCUT2D eigenvalue weighted by molar-refractivity contribution is 5.94. The molecule has 5 nitrogen and oxygen atoms in total. The predicted molar refractivity (Wildman–Crippen MR) is 74.6 cm³/mol. The van der Waals surface area contributed by atoms with Gasteiger partial charge in [0.15, 0.2) is 23.4 Å². The maximum absolute atomic E-state index is 11.3. The zero-order chi connectivity index (χ0) is 15.1. The van der Waals surface area contributed by atoms with E-state index in [0.29, 0.717) is 23.5 Å². The Bertz CT molecular complexity index is 481. The van der Waals surface area contributed by atoms with Crippen LogP contribution >= 0.6 is 0 Å². The van der Waals surface area contributed by atoms with Crippen molar-refractivity contribution in [3.8, 4) is 11.5 Å². The number of hydrogen-bond acceptors (Lipinski definition) is 4. The van der Waals surface area contributed by atoms with Crippen LogP contribution < -0.4 is 9.47 Å². The van der Waals surface area contributed by atoms with Crippen LogP contribution in [-0.4, -0.2) is 30.1 Å². The fraction of sp³-hybridized carbons (Fsp3) is 0.467. The smallest absolute Gasteiger partial charge is 0.344 e. The molecule has 1 rings (SSSR count). The molecular formula is C15H20O5. The Morgan fingerprint density at radius 3 is 2.50 bits per heavy atom. The highest BCUT2D eigenvalue weighted by Gasteiger charge is 2.20. The lowest BCUT2D eigenvalue weighted by atomic mass is 10.1. The van der Waals surface area contributed by atoms with E-state index in [0.717, 1.165) is 12.8 Å². The molecule has 0 saturated carbocycles. The number of carbonyl (C=O) groups is 2. The van der Waals surface area contributed by atoms with Crippen LogP contribution in [0.4, 0.5) is 0 Å². The van der Waals surface area contributed by atoms with Crippen LogP contribution in [0.25, 0.3) is 0 Å². The number of aliphatic carboxylic acids is 1. The Kier molecular flexibility index (Phi) is 6.03. The molecule has 0 saturated heterocycles. The van der Waals surface area contributed by atoms with Crippen molar-refractivity contribution >= 4 is 11.8 Å². The molecular weight excluding hydrogens is 260 g/mol. The SMILES string of the molecule is CCCCC(Oc1ccc(C(C)=O)cc1OC)C(=O)O. The summed E-state index contributed by atoms with van der Waals surface area (Å²) in [6.45, 7) is 3.44. The molecule has 0 aliphatic heterocycles. The second-order valence-corrected chi connectivity index (χ2v) is 4.51. The minimum absolute atomic E-state index is 0.0874. The van der Waals surface area contributed by atoms with Gasteiger partial charge in [-0.2, -0.15) is 0 Å². The Hall–Kier alpha value is -2.04. The van der Waals surface area contributed by atoms with Crippen LogP contribution in [0.15, 0.2) is 18.2 Å². The number of Topliss-reactive ketones (excluding diaryl/α,β-unsaturated/α-hetero) is 1. The van der Waals surface area contributed by atoms with Crippen molar-refractivity contribution in [2.24, 2.45) is 0 Å². The Morgan fingerprint density at radius 2 is 2.00 bits per heavy atom. The highest BCUT2D eigenvalue weighted by atomic mass is 16.5. The summed E-state index contributed by atoms with van der Waals surface area (Å²) in [5.41, 5.74) is 0.495. The molecule has 1 N–H and O–H groups in total. The third kappa shape index (κ3) is 4.26. The van der Waals surface area contributed by atoms with Gasteiger partial charge in [-0.25, -0.2) is 4.79 Å². The zero-order valence-corrected chi connectivity index (χ0v) is 12.0. The van der Waals surface area contributed by atoms with Crippen molar-refractivity contribution in [1.29, 1.82) is 0 Å². The molecule has 5 heteroatoms. The molecule has 0 aliphatic rings. The number of benzene rings is 1. The van der Waals surface area contributed by atoms with Crippen LogP contribution in [-0.2, 0) is 4.79 Å². The molecule has 0 radical (unpaired) electrons. The van der Waals surface area contributed by atoms with Gasteiger partial charge in [-0.3, -0.25) is 4.79 Å². The first-order chi connectivity index (χ1) is 9.49. The molecule has 1 aromatic rings. The van der Waals surface area contributed by atoms with E-state index < -0.39 is 12.1 Å². The van der Waals surface area contributed by atoms with Gasteiger partial charge in [-0.15, -0.1) is 0 Å². The van der Waals surface area contributed by atoms with Gasteiger partial charge in [0.25, 0.3) is 0 Å². The summed E-state index contributed by atoms with van der Waals surface area (Å²) in [4.78, 5) is 22.5. The molecule has 0 aliphatic carbocycles. The van der Waals surface area contributed by atoms with Gasteiger partial charge >= 0.3 is 5.97 Å². The minimum atomic E-state index is -1.00. The molecule has 0 bridgehead atoms. The van der Waals surface area contributed by atoms with Crippen LogP contribution in [0.5, 0.6) is 11.5 Å². The average molecular weight is 280 g/mol. The summed E-state index contributed by atoms with van der Waals surface area (Å²) in [6, 6.07) is 4.72. The summed E-state index contributed by atoms with van der Waals surface area (Å²) in [6.07, 6.45) is 1.19. The van der Waals surface area contributed by atoms with Crippen LogP contribution in [0, 0.1) is 0 Å². The largest absolute Gasteiger partial charge is 0.493 e. The van der Waals surface area contributed by atoms with E-state index in [2.05, 4.69) is 0 Å². The van der Waals surface area contributed by atoms with Crippen molar-refractivity contribution in [1.82, 2.24) is 0 Å². The first kappa shape index (κ1) is 16.0. The fourth-order valence-electron chi connectivity index (χ4n) is 1.76. The van der Waals surface area contributed by atoms with Gasteiger partial charge in [-0.1, -0.05) is 13.3 Å². The molecule has 20 heavy (non-hydrogen) atoms. The van der Waals surface area contributed by atoms with Crippen LogP contribution in [0.2, 0.25) is 0 Å². The Labute approximate surface area is 118 Å². The number of ether oxygens (including phenoxy) is 2. The summed E-state index contributed by atoms with van der Waals surface area (Å²) in [7, 11) is 1.45. The number of carbonyl (C=O) groups excluding carboxylic acids is 1. The van der Waals surface area contributed by atoms with Gasteiger partial charge in [0.2, 0.25) is 0 Å². The number of carboxylic acid groups (broad SMARTS) is 1. The Morgan fingerprint density at radius 1 is 1.30 bits per heavy atom. The van der Waals surface area contributed by atoms with Gasteiger partial charge in [-0.05, 0) is 38.0 Å². The van der Waals surface area contributed by atoms with Crippen LogP contribution in [0.1, 0.15) is 43.5 Å². The molecule has 0 amide bonds. The highest BCUT2D eigenvalue weighted by Crippen LogP contribution is 2.29. The van der Waals surface area contributed by atoms with Crippen molar-refractivity contribution in [3.05, 3.63) is 23.8 Å². The molecule has 110 valence electrons. The second kappa shape index (κ2) is 7.53. The van der Waals surface area contributed by atoms with Gasteiger partial charge < -0.3 is 14.6 Å². The van der Waals surface area contributed by atoms with Crippen molar-refractivity contribution in [2.45, 2.75) is 39.2 Å². The van der Waals surface area contributed by atoms with Gasteiger partial charge in [0.1, 0.15) is 0 Å². The minimum Gasteiger partial charge on any atom is -0.493 e. The van der Waals surface area contributed by atoms with E-state index in [9.17, 15) is 9.59 Å². The molecule has 0 spiro atoms. The predicted octanol–water partition coefficient (Wildman–Crippen LogP) is 2.92. The van der Waals surface area contributed by atoms with E-state index in [1.807, 2.05) is 6.92 Å². The lowest BCUT2D eigenvalue weighted by molar-refractivity contribution is -0.145. The van der Waals surface area contributed by atoms with E-state index in [-0.39, 0.29) is 5.78 Å². The molecule has 1 unspecified atom stereocenters. The molecule has 0 aromatic heterocycles. The topological polar surface area (TPSA) is 72.8 Å². The monoisotopic (exact) mass is 280 g/mol. The standard InChI is InChI=1S/C15H20O5/c1-4-5-6-13(15(17)18)20-12-8-7-11(10(2)16)9-14(12)19-3/h7-9,13H,4-6H2,1-3H3,(H,17,18).